The van der Waals surface area contributed by atoms with Crippen LogP contribution < -0.4 is 15.8 Å². The zero-order valence-corrected chi connectivity index (χ0v) is 23.8. The van der Waals surface area contributed by atoms with Crippen LogP contribution in [0.3, 0.4) is 0 Å². The van der Waals surface area contributed by atoms with Crippen molar-refractivity contribution in [3.8, 4) is 16.8 Å². The van der Waals surface area contributed by atoms with Crippen molar-refractivity contribution < 1.29 is 8.42 Å². The Bertz CT molecular complexity index is 1630. The van der Waals surface area contributed by atoms with Crippen LogP contribution in [-0.4, -0.2) is 54.7 Å². The highest BCUT2D eigenvalue weighted by Gasteiger charge is 2.30. The topological polar surface area (TPSA) is 87.5 Å². The van der Waals surface area contributed by atoms with Crippen molar-refractivity contribution in [1.29, 1.82) is 0 Å². The number of para-hydroxylation sites is 1. The largest absolute Gasteiger partial charge is 0.376 e. The summed E-state index contributed by atoms with van der Waals surface area (Å²) in [6, 6.07) is 26.7. The SMILES string of the molecule is O=c1c(NC2CCCCC2)c(N2CCN(S(=O)(=O)c3ccc(-c4ccccc4)cc3)CC2)cnn1-c1ccccc1. The van der Waals surface area contributed by atoms with E-state index in [2.05, 4.69) is 15.3 Å². The van der Waals surface area contributed by atoms with Crippen molar-refractivity contribution in [1.82, 2.24) is 14.1 Å². The smallest absolute Gasteiger partial charge is 0.296 e. The predicted molar refractivity (Wildman–Crippen MR) is 163 cm³/mol. The lowest BCUT2D eigenvalue weighted by Gasteiger charge is -2.36. The summed E-state index contributed by atoms with van der Waals surface area (Å²) in [5.41, 5.74) is 3.83. The number of hydrogen-bond donors (Lipinski definition) is 1. The van der Waals surface area contributed by atoms with Crippen molar-refractivity contribution in [2.45, 2.75) is 43.0 Å². The number of aromatic nitrogens is 2. The molecule has 0 unspecified atom stereocenters. The molecule has 1 aliphatic heterocycles. The normalized spacial score (nSPS) is 16.9. The molecule has 1 saturated carbocycles. The lowest BCUT2D eigenvalue weighted by molar-refractivity contribution is 0.384. The number of benzene rings is 3. The standard InChI is InChI=1S/C32H35N5O3S/c38-32-31(34-27-12-6-2-7-13-27)30(24-33-37(32)28-14-8-3-9-15-28)35-20-22-36(23-21-35)41(39,40)29-18-16-26(17-19-29)25-10-4-1-5-11-25/h1,3-5,8-11,14-19,24,27,34H,2,6-7,12-13,20-23H2. The molecular weight excluding hydrogens is 534 g/mol. The van der Waals surface area contributed by atoms with Crippen LogP contribution in [0.25, 0.3) is 16.8 Å². The van der Waals surface area contributed by atoms with E-state index in [0.717, 1.165) is 42.5 Å². The highest BCUT2D eigenvalue weighted by Crippen LogP contribution is 2.29. The molecule has 9 heteroatoms. The van der Waals surface area contributed by atoms with Crippen LogP contribution in [0.2, 0.25) is 0 Å². The van der Waals surface area contributed by atoms with E-state index < -0.39 is 10.0 Å². The Kier molecular flexibility index (Phi) is 7.89. The minimum absolute atomic E-state index is 0.187. The van der Waals surface area contributed by atoms with Gasteiger partial charge in [0.1, 0.15) is 5.69 Å². The fraction of sp³-hybridized carbons (Fsp3) is 0.312. The first-order valence-electron chi connectivity index (χ1n) is 14.4. The molecule has 0 radical (unpaired) electrons. The molecule has 3 aromatic carbocycles. The van der Waals surface area contributed by atoms with Crippen LogP contribution in [0.15, 0.2) is 101 Å². The Labute approximate surface area is 241 Å². The molecule has 4 aromatic rings. The van der Waals surface area contributed by atoms with Gasteiger partial charge in [-0.3, -0.25) is 4.79 Å². The maximum atomic E-state index is 13.8. The van der Waals surface area contributed by atoms with Gasteiger partial charge in [-0.1, -0.05) is 79.9 Å². The van der Waals surface area contributed by atoms with Crippen LogP contribution in [0, 0.1) is 0 Å². The van der Waals surface area contributed by atoms with Gasteiger partial charge in [0, 0.05) is 32.2 Å². The van der Waals surface area contributed by atoms with E-state index in [1.165, 1.54) is 15.4 Å². The molecule has 6 rings (SSSR count). The third-order valence-corrected chi connectivity index (χ3v) is 10.0. The van der Waals surface area contributed by atoms with Crippen LogP contribution in [-0.2, 0) is 10.0 Å². The van der Waals surface area contributed by atoms with Gasteiger partial charge < -0.3 is 10.2 Å². The summed E-state index contributed by atoms with van der Waals surface area (Å²) in [6.07, 6.45) is 7.32. The molecule has 1 aromatic heterocycles. The van der Waals surface area contributed by atoms with E-state index in [4.69, 9.17) is 0 Å². The second-order valence-electron chi connectivity index (χ2n) is 10.7. The summed E-state index contributed by atoms with van der Waals surface area (Å²) in [4.78, 5) is 16.1. The molecule has 1 saturated heterocycles. The molecule has 0 bridgehead atoms. The molecule has 41 heavy (non-hydrogen) atoms. The fourth-order valence-electron chi connectivity index (χ4n) is 5.79. The Morgan fingerprint density at radius 2 is 1.34 bits per heavy atom. The average Bonchev–Trinajstić information content (AvgIpc) is 3.03. The number of hydrogen-bond acceptors (Lipinski definition) is 6. The van der Waals surface area contributed by atoms with Crippen molar-refractivity contribution in [3.63, 3.8) is 0 Å². The van der Waals surface area contributed by atoms with Gasteiger partial charge in [-0.05, 0) is 48.2 Å². The third kappa shape index (κ3) is 5.78. The first kappa shape index (κ1) is 27.2. The van der Waals surface area contributed by atoms with E-state index in [1.54, 1.807) is 18.3 Å². The molecule has 1 aliphatic carbocycles. The van der Waals surface area contributed by atoms with Crippen LogP contribution in [0.5, 0.6) is 0 Å². The summed E-state index contributed by atoms with van der Waals surface area (Å²) in [5, 5.41) is 8.08. The summed E-state index contributed by atoms with van der Waals surface area (Å²) in [6.45, 7) is 1.59. The van der Waals surface area contributed by atoms with Gasteiger partial charge in [-0.15, -0.1) is 0 Å². The first-order chi connectivity index (χ1) is 20.0. The summed E-state index contributed by atoms with van der Waals surface area (Å²) in [7, 11) is -3.64. The Morgan fingerprint density at radius 1 is 0.732 bits per heavy atom. The van der Waals surface area contributed by atoms with Crippen molar-refractivity contribution in [2.24, 2.45) is 0 Å². The molecule has 1 N–H and O–H groups in total. The Balaban J connectivity index is 1.22. The quantitative estimate of drug-likeness (QED) is 0.331. The van der Waals surface area contributed by atoms with Gasteiger partial charge in [0.05, 0.1) is 22.5 Å². The van der Waals surface area contributed by atoms with Crippen LogP contribution in [0.1, 0.15) is 32.1 Å². The Morgan fingerprint density at radius 3 is 2.00 bits per heavy atom. The number of nitrogens with zero attached hydrogens (tertiary/aromatic N) is 4. The lowest BCUT2D eigenvalue weighted by Crippen LogP contribution is -2.49. The number of sulfonamides is 1. The molecule has 2 aliphatic rings. The molecule has 2 fully saturated rings. The highest BCUT2D eigenvalue weighted by molar-refractivity contribution is 7.89. The van der Waals surface area contributed by atoms with E-state index in [0.29, 0.717) is 37.6 Å². The number of rotatable bonds is 7. The molecular formula is C32H35N5O3S. The maximum Gasteiger partial charge on any atom is 0.296 e. The lowest BCUT2D eigenvalue weighted by atomic mass is 9.95. The van der Waals surface area contributed by atoms with E-state index in [1.807, 2.05) is 72.8 Å². The second-order valence-corrected chi connectivity index (χ2v) is 12.7. The maximum absolute atomic E-state index is 13.8. The monoisotopic (exact) mass is 569 g/mol. The molecule has 0 atom stereocenters. The van der Waals surface area contributed by atoms with Gasteiger partial charge >= 0.3 is 0 Å². The fourth-order valence-corrected chi connectivity index (χ4v) is 7.22. The van der Waals surface area contributed by atoms with Gasteiger partial charge in [0.2, 0.25) is 10.0 Å². The summed E-state index contributed by atoms with van der Waals surface area (Å²) < 4.78 is 30.0. The average molecular weight is 570 g/mol. The van der Waals surface area contributed by atoms with Gasteiger partial charge in [-0.25, -0.2) is 8.42 Å². The first-order valence-corrected chi connectivity index (χ1v) is 15.8. The highest BCUT2D eigenvalue weighted by atomic mass is 32.2. The number of nitrogens with one attached hydrogen (secondary N) is 1. The summed E-state index contributed by atoms with van der Waals surface area (Å²) in [5.74, 6) is 0. The minimum Gasteiger partial charge on any atom is -0.376 e. The van der Waals surface area contributed by atoms with E-state index in [9.17, 15) is 13.2 Å². The van der Waals surface area contributed by atoms with Gasteiger partial charge in [0.15, 0.2) is 0 Å². The molecule has 212 valence electrons. The van der Waals surface area contributed by atoms with Crippen molar-refractivity contribution in [2.75, 3.05) is 36.4 Å². The van der Waals surface area contributed by atoms with Crippen molar-refractivity contribution >= 4 is 21.4 Å². The van der Waals surface area contributed by atoms with Gasteiger partial charge in [-0.2, -0.15) is 14.1 Å². The molecule has 8 nitrogen and oxygen atoms in total. The zero-order chi connectivity index (χ0) is 28.2. The van der Waals surface area contributed by atoms with Crippen LogP contribution >= 0.6 is 0 Å². The Hall–Kier alpha value is -3.95. The van der Waals surface area contributed by atoms with Crippen LogP contribution in [0.4, 0.5) is 11.4 Å². The van der Waals surface area contributed by atoms with E-state index in [-0.39, 0.29) is 16.5 Å². The predicted octanol–water partition coefficient (Wildman–Crippen LogP) is 5.16. The summed E-state index contributed by atoms with van der Waals surface area (Å²) >= 11 is 0. The minimum atomic E-state index is -3.64. The molecule has 0 spiro atoms. The van der Waals surface area contributed by atoms with Gasteiger partial charge in [0.25, 0.3) is 5.56 Å². The second kappa shape index (κ2) is 11.9. The number of anilines is 2. The van der Waals surface area contributed by atoms with Crippen molar-refractivity contribution in [3.05, 3.63) is 101 Å². The van der Waals surface area contributed by atoms with E-state index >= 15 is 0 Å². The number of piperazine rings is 1. The molecule has 0 amide bonds. The zero-order valence-electron chi connectivity index (χ0n) is 23.0. The third-order valence-electron chi connectivity index (χ3n) is 8.09. The molecule has 2 heterocycles.